The van der Waals surface area contributed by atoms with Crippen LogP contribution in [0.4, 0.5) is 5.69 Å². The van der Waals surface area contributed by atoms with Crippen LogP contribution in [0.15, 0.2) is 72.1 Å². The standard InChI is InChI=1S/C22H22N2OS/c1-14(23)20-12-17(15-4-8-18(25-2)9-5-15)13-21(22(20)24)16-6-10-19(26-3)11-7-16/h4-13H,1,23-24H2,2-3H3. The smallest absolute Gasteiger partial charge is 0.118 e. The van der Waals surface area contributed by atoms with Gasteiger partial charge in [-0.25, -0.2) is 0 Å². The van der Waals surface area contributed by atoms with Crippen LogP contribution in [0.2, 0.25) is 0 Å². The molecule has 0 aliphatic rings. The van der Waals surface area contributed by atoms with Crippen molar-refractivity contribution in [3.05, 3.63) is 72.8 Å². The molecule has 0 spiro atoms. The summed E-state index contributed by atoms with van der Waals surface area (Å²) >= 11 is 1.71. The summed E-state index contributed by atoms with van der Waals surface area (Å²) in [6.07, 6.45) is 2.06. The fourth-order valence-corrected chi connectivity index (χ4v) is 3.29. The molecule has 0 bridgehead atoms. The van der Waals surface area contributed by atoms with Crippen molar-refractivity contribution >= 4 is 23.1 Å². The molecular formula is C22H22N2OS. The summed E-state index contributed by atoms with van der Waals surface area (Å²) in [7, 11) is 1.66. The first-order valence-electron chi connectivity index (χ1n) is 8.20. The summed E-state index contributed by atoms with van der Waals surface area (Å²) in [5.41, 5.74) is 18.4. The van der Waals surface area contributed by atoms with E-state index in [1.807, 2.05) is 30.3 Å². The predicted octanol–water partition coefficient (Wildman–Crippen LogP) is 5.26. The number of thioether (sulfide) groups is 1. The van der Waals surface area contributed by atoms with E-state index in [1.54, 1.807) is 18.9 Å². The highest BCUT2D eigenvalue weighted by Crippen LogP contribution is 2.36. The Morgan fingerprint density at radius 1 is 0.923 bits per heavy atom. The number of ether oxygens (including phenoxy) is 1. The Labute approximate surface area is 158 Å². The molecule has 0 unspecified atom stereocenters. The van der Waals surface area contributed by atoms with E-state index < -0.39 is 0 Å². The molecule has 0 amide bonds. The zero-order valence-electron chi connectivity index (χ0n) is 15.0. The average molecular weight is 362 g/mol. The highest BCUT2D eigenvalue weighted by molar-refractivity contribution is 7.98. The third-order valence-electron chi connectivity index (χ3n) is 4.35. The van der Waals surface area contributed by atoms with Crippen molar-refractivity contribution in [1.82, 2.24) is 0 Å². The third kappa shape index (κ3) is 3.55. The van der Waals surface area contributed by atoms with E-state index in [9.17, 15) is 0 Å². The van der Waals surface area contributed by atoms with Crippen molar-refractivity contribution in [3.63, 3.8) is 0 Å². The predicted molar refractivity (Wildman–Crippen MR) is 113 cm³/mol. The minimum atomic E-state index is 0.458. The largest absolute Gasteiger partial charge is 0.497 e. The summed E-state index contributed by atoms with van der Waals surface area (Å²) in [5, 5.41) is 0. The number of nitrogens with two attached hydrogens (primary N) is 2. The van der Waals surface area contributed by atoms with E-state index in [1.165, 1.54) is 4.90 Å². The molecular weight excluding hydrogens is 340 g/mol. The number of methoxy groups -OCH3 is 1. The van der Waals surface area contributed by atoms with Gasteiger partial charge in [0.2, 0.25) is 0 Å². The maximum absolute atomic E-state index is 6.41. The van der Waals surface area contributed by atoms with E-state index in [4.69, 9.17) is 16.2 Å². The van der Waals surface area contributed by atoms with Crippen LogP contribution in [0.3, 0.4) is 0 Å². The van der Waals surface area contributed by atoms with E-state index in [0.717, 1.165) is 33.6 Å². The van der Waals surface area contributed by atoms with Crippen molar-refractivity contribution in [2.24, 2.45) is 5.73 Å². The lowest BCUT2D eigenvalue weighted by atomic mass is 9.93. The first-order valence-corrected chi connectivity index (χ1v) is 9.43. The van der Waals surface area contributed by atoms with Crippen molar-refractivity contribution in [2.45, 2.75) is 4.90 Å². The molecule has 0 saturated heterocycles. The van der Waals surface area contributed by atoms with Gasteiger partial charge >= 0.3 is 0 Å². The van der Waals surface area contributed by atoms with Crippen LogP contribution in [0.25, 0.3) is 28.0 Å². The zero-order valence-corrected chi connectivity index (χ0v) is 15.8. The second-order valence-electron chi connectivity index (χ2n) is 5.97. The molecule has 0 aromatic heterocycles. The van der Waals surface area contributed by atoms with Gasteiger partial charge in [0.1, 0.15) is 5.75 Å². The van der Waals surface area contributed by atoms with E-state index >= 15 is 0 Å². The number of nitrogen functional groups attached to an aromatic ring is 1. The average Bonchev–Trinajstić information content (AvgIpc) is 2.68. The van der Waals surface area contributed by atoms with Crippen LogP contribution in [-0.2, 0) is 0 Å². The Morgan fingerprint density at radius 2 is 1.54 bits per heavy atom. The quantitative estimate of drug-likeness (QED) is 0.480. The van der Waals surface area contributed by atoms with Crippen LogP contribution in [0, 0.1) is 0 Å². The van der Waals surface area contributed by atoms with E-state index in [0.29, 0.717) is 11.4 Å². The molecule has 4 N–H and O–H groups in total. The van der Waals surface area contributed by atoms with Gasteiger partial charge in [-0.3, -0.25) is 0 Å². The molecule has 4 heteroatoms. The highest BCUT2D eigenvalue weighted by atomic mass is 32.2. The lowest BCUT2D eigenvalue weighted by Crippen LogP contribution is -2.02. The van der Waals surface area contributed by atoms with Crippen LogP contribution in [-0.4, -0.2) is 13.4 Å². The van der Waals surface area contributed by atoms with E-state index in [-0.39, 0.29) is 0 Å². The topological polar surface area (TPSA) is 61.3 Å². The zero-order chi connectivity index (χ0) is 18.7. The van der Waals surface area contributed by atoms with Crippen LogP contribution < -0.4 is 16.2 Å². The maximum Gasteiger partial charge on any atom is 0.118 e. The molecule has 0 atom stereocenters. The van der Waals surface area contributed by atoms with Crippen LogP contribution in [0.5, 0.6) is 5.75 Å². The van der Waals surface area contributed by atoms with Gasteiger partial charge in [0, 0.05) is 27.4 Å². The van der Waals surface area contributed by atoms with Gasteiger partial charge in [0.25, 0.3) is 0 Å². The van der Waals surface area contributed by atoms with E-state index in [2.05, 4.69) is 43.2 Å². The fraction of sp³-hybridized carbons (Fsp3) is 0.0909. The number of rotatable bonds is 5. The Balaban J connectivity index is 2.16. The van der Waals surface area contributed by atoms with Gasteiger partial charge < -0.3 is 16.2 Å². The molecule has 0 aliphatic heterocycles. The second kappa shape index (κ2) is 7.58. The second-order valence-corrected chi connectivity index (χ2v) is 6.85. The minimum Gasteiger partial charge on any atom is -0.497 e. The van der Waals surface area contributed by atoms with Crippen LogP contribution >= 0.6 is 11.8 Å². The van der Waals surface area contributed by atoms with Gasteiger partial charge in [-0.15, -0.1) is 11.8 Å². The summed E-state index contributed by atoms with van der Waals surface area (Å²) in [5.74, 6) is 0.820. The molecule has 132 valence electrons. The Hall–Kier alpha value is -2.85. The summed E-state index contributed by atoms with van der Waals surface area (Å²) in [6, 6.07) is 20.4. The molecule has 3 aromatic rings. The number of hydrogen-bond acceptors (Lipinski definition) is 4. The van der Waals surface area contributed by atoms with Gasteiger partial charge in [-0.2, -0.15) is 0 Å². The molecule has 0 saturated carbocycles. The number of benzene rings is 3. The summed E-state index contributed by atoms with van der Waals surface area (Å²) in [6.45, 7) is 3.88. The van der Waals surface area contributed by atoms with Crippen molar-refractivity contribution in [2.75, 3.05) is 19.1 Å². The van der Waals surface area contributed by atoms with Gasteiger partial charge in [0.05, 0.1) is 7.11 Å². The molecule has 3 aromatic carbocycles. The SMILES string of the molecule is C=C(N)c1cc(-c2ccc(OC)cc2)cc(-c2ccc(SC)cc2)c1N. The molecule has 0 radical (unpaired) electrons. The van der Waals surface area contributed by atoms with Crippen molar-refractivity contribution in [1.29, 1.82) is 0 Å². The molecule has 3 rings (SSSR count). The first-order chi connectivity index (χ1) is 12.5. The van der Waals surface area contributed by atoms with Crippen molar-refractivity contribution < 1.29 is 4.74 Å². The monoisotopic (exact) mass is 362 g/mol. The number of hydrogen-bond donors (Lipinski definition) is 2. The normalized spacial score (nSPS) is 10.5. The Kier molecular flexibility index (Phi) is 5.24. The number of anilines is 1. The minimum absolute atomic E-state index is 0.458. The molecule has 0 aliphatic carbocycles. The maximum atomic E-state index is 6.41. The van der Waals surface area contributed by atoms with Gasteiger partial charge in [0.15, 0.2) is 0 Å². The lowest BCUT2D eigenvalue weighted by molar-refractivity contribution is 0.415. The lowest BCUT2D eigenvalue weighted by Gasteiger charge is -2.15. The third-order valence-corrected chi connectivity index (χ3v) is 5.09. The van der Waals surface area contributed by atoms with Gasteiger partial charge in [-0.05, 0) is 59.3 Å². The van der Waals surface area contributed by atoms with Gasteiger partial charge in [-0.1, -0.05) is 30.8 Å². The summed E-state index contributed by atoms with van der Waals surface area (Å²) in [4.78, 5) is 1.21. The molecule has 26 heavy (non-hydrogen) atoms. The Bertz CT molecular complexity index is 932. The fourth-order valence-electron chi connectivity index (χ4n) is 2.88. The van der Waals surface area contributed by atoms with Crippen LogP contribution in [0.1, 0.15) is 5.56 Å². The van der Waals surface area contributed by atoms with Crippen molar-refractivity contribution in [3.8, 4) is 28.0 Å². The molecule has 0 fully saturated rings. The first kappa shape index (κ1) is 18.0. The summed E-state index contributed by atoms with van der Waals surface area (Å²) < 4.78 is 5.24. The Morgan fingerprint density at radius 3 is 2.08 bits per heavy atom. The molecule has 3 nitrogen and oxygen atoms in total. The highest BCUT2D eigenvalue weighted by Gasteiger charge is 2.12. The molecule has 0 heterocycles.